The van der Waals surface area contributed by atoms with Gasteiger partial charge in [0.15, 0.2) is 0 Å². The molecule has 0 saturated heterocycles. The predicted octanol–water partition coefficient (Wildman–Crippen LogP) is -2.23. The Morgan fingerprint density at radius 3 is 2.30 bits per heavy atom. The van der Waals surface area contributed by atoms with E-state index in [4.69, 9.17) is 0 Å². The predicted molar refractivity (Wildman–Crippen MR) is 64.2 cm³/mol. The number of rotatable bonds is 7. The van der Waals surface area contributed by atoms with Crippen molar-refractivity contribution in [3.8, 4) is 0 Å². The maximum absolute atomic E-state index is 11.6. The molecule has 0 unspecified atom stereocenters. The second-order valence-electron chi connectivity index (χ2n) is 4.22. The highest BCUT2D eigenvalue weighted by Crippen LogP contribution is 2.24. The van der Waals surface area contributed by atoms with Crippen LogP contribution in [0.4, 0.5) is 0 Å². The van der Waals surface area contributed by atoms with E-state index in [9.17, 15) is 29.0 Å². The minimum atomic E-state index is -4.81. The molecule has 20 heavy (non-hydrogen) atoms. The van der Waals surface area contributed by atoms with Crippen molar-refractivity contribution in [2.75, 3.05) is 6.16 Å². The molecule has 8 heteroatoms. The molecule has 0 aliphatic carbocycles. The molecule has 110 valence electrons. The molecule has 0 fully saturated rings. The molecule has 1 rings (SSSR count). The van der Waals surface area contributed by atoms with Crippen LogP contribution in [0.2, 0.25) is 0 Å². The van der Waals surface area contributed by atoms with Crippen LogP contribution in [0.5, 0.6) is 0 Å². The Labute approximate surface area is 115 Å². The van der Waals surface area contributed by atoms with Gasteiger partial charge in [-0.25, -0.2) is 0 Å². The van der Waals surface area contributed by atoms with Crippen LogP contribution < -0.4 is 20.2 Å². The van der Waals surface area contributed by atoms with E-state index in [1.54, 1.807) is 30.3 Å². The minimum absolute atomic E-state index is 0.0446. The number of hydrogen-bond donors (Lipinski definition) is 1. The molecule has 0 bridgehead atoms. The number of carbonyl (C=O) groups is 2. The summed E-state index contributed by atoms with van der Waals surface area (Å²) < 4.78 is 10.5. The molecule has 7 nitrogen and oxygen atoms in total. The monoisotopic (exact) mass is 298 g/mol. The van der Waals surface area contributed by atoms with Crippen LogP contribution in [0, 0.1) is 0 Å². The lowest BCUT2D eigenvalue weighted by Gasteiger charge is -2.31. The lowest BCUT2D eigenvalue weighted by atomic mass is 10.1. The summed E-state index contributed by atoms with van der Waals surface area (Å²) in [5.74, 6) is -2.21. The van der Waals surface area contributed by atoms with Crippen molar-refractivity contribution in [2.24, 2.45) is 0 Å². The summed E-state index contributed by atoms with van der Waals surface area (Å²) in [5.41, 5.74) is 0.681. The van der Waals surface area contributed by atoms with Gasteiger partial charge in [0.05, 0.1) is 18.4 Å². The van der Waals surface area contributed by atoms with Crippen LogP contribution in [-0.2, 0) is 20.6 Å². The van der Waals surface area contributed by atoms with E-state index in [1.807, 2.05) is 0 Å². The Morgan fingerprint density at radius 1 is 1.20 bits per heavy atom. The first-order chi connectivity index (χ1) is 9.28. The van der Waals surface area contributed by atoms with Crippen LogP contribution in [0.1, 0.15) is 12.0 Å². The van der Waals surface area contributed by atoms with Crippen molar-refractivity contribution >= 4 is 19.5 Å². The van der Waals surface area contributed by atoms with E-state index in [1.165, 1.54) is 0 Å². The Bertz CT molecular complexity index is 512. The number of benzene rings is 1. The van der Waals surface area contributed by atoms with Gasteiger partial charge in [0.2, 0.25) is 5.91 Å². The molecule has 1 N–H and O–H groups in total. The van der Waals surface area contributed by atoms with Gasteiger partial charge in [0, 0.05) is 0 Å². The molecular formula is C12H13NO6P-3. The average molecular weight is 298 g/mol. The van der Waals surface area contributed by atoms with Crippen molar-refractivity contribution < 1.29 is 29.0 Å². The van der Waals surface area contributed by atoms with E-state index in [0.29, 0.717) is 5.56 Å². The molecule has 0 radical (unpaired) electrons. The topological polar surface area (TPSA) is 132 Å². The minimum Gasteiger partial charge on any atom is -0.811 e. The third-order valence-electron chi connectivity index (χ3n) is 2.52. The Hall–Kier alpha value is -1.69. The largest absolute Gasteiger partial charge is 0.811 e. The van der Waals surface area contributed by atoms with Crippen LogP contribution >= 0.6 is 7.60 Å². The number of amides is 1. The number of carboxylic acid groups (broad SMARTS) is 1. The van der Waals surface area contributed by atoms with Crippen LogP contribution in [0.15, 0.2) is 30.3 Å². The van der Waals surface area contributed by atoms with Gasteiger partial charge in [-0.15, -0.1) is 0 Å². The molecule has 1 atom stereocenters. The zero-order valence-electron chi connectivity index (χ0n) is 10.5. The summed E-state index contributed by atoms with van der Waals surface area (Å²) >= 11 is 0. The van der Waals surface area contributed by atoms with E-state index in [0.717, 1.165) is 0 Å². The van der Waals surface area contributed by atoms with E-state index >= 15 is 0 Å². The summed E-state index contributed by atoms with van der Waals surface area (Å²) in [6.07, 6.45) is -1.40. The molecule has 0 heterocycles. The van der Waals surface area contributed by atoms with Gasteiger partial charge in [0.1, 0.15) is 0 Å². The lowest BCUT2D eigenvalue weighted by Crippen LogP contribution is -2.49. The molecule has 0 aromatic heterocycles. The zero-order chi connectivity index (χ0) is 15.2. The fraction of sp³-hybridized carbons (Fsp3) is 0.333. The van der Waals surface area contributed by atoms with Gasteiger partial charge in [0.25, 0.3) is 0 Å². The normalized spacial score (nSPS) is 12.7. The quantitative estimate of drug-likeness (QED) is 0.566. The maximum atomic E-state index is 11.6. The highest BCUT2D eigenvalue weighted by molar-refractivity contribution is 7.48. The summed E-state index contributed by atoms with van der Waals surface area (Å²) in [6.45, 7) is 0. The third-order valence-corrected chi connectivity index (χ3v) is 3.32. The van der Waals surface area contributed by atoms with Crippen molar-refractivity contribution in [2.45, 2.75) is 18.9 Å². The summed E-state index contributed by atoms with van der Waals surface area (Å²) in [4.78, 5) is 43.4. The molecular weight excluding hydrogens is 285 g/mol. The van der Waals surface area contributed by atoms with Crippen molar-refractivity contribution in [3.05, 3.63) is 35.9 Å². The molecule has 0 aliphatic rings. The Morgan fingerprint density at radius 2 is 1.80 bits per heavy atom. The molecule has 1 aromatic carbocycles. The first kappa shape index (κ1) is 16.4. The number of carbonyl (C=O) groups excluding carboxylic acids is 2. The summed E-state index contributed by atoms with van der Waals surface area (Å²) in [7, 11) is -4.81. The zero-order valence-corrected chi connectivity index (χ0v) is 11.4. The number of carboxylic acids is 1. The second-order valence-corrected chi connectivity index (χ2v) is 5.89. The van der Waals surface area contributed by atoms with Gasteiger partial charge in [-0.3, -0.25) is 4.79 Å². The summed E-state index contributed by atoms with van der Waals surface area (Å²) in [5, 5.41) is 12.9. The summed E-state index contributed by atoms with van der Waals surface area (Å²) in [6, 6.07) is 7.11. The van der Waals surface area contributed by atoms with Gasteiger partial charge in [-0.2, -0.15) is 0 Å². The Kier molecular flexibility index (Phi) is 5.88. The number of aliphatic carboxylic acids is 1. The molecule has 1 aromatic rings. The molecule has 0 aliphatic heterocycles. The van der Waals surface area contributed by atoms with Crippen LogP contribution in [0.3, 0.4) is 0 Å². The smallest absolute Gasteiger partial charge is 0.224 e. The molecule has 0 spiro atoms. The Balaban J connectivity index is 2.55. The van der Waals surface area contributed by atoms with Crippen molar-refractivity contribution in [1.82, 2.24) is 5.32 Å². The van der Waals surface area contributed by atoms with E-state index in [-0.39, 0.29) is 6.42 Å². The maximum Gasteiger partial charge on any atom is 0.224 e. The standard InChI is InChI=1S/C12H16NO6P/c14-11(8-9-4-2-1-3-5-9)13-10(12(15)16)6-7-20(17,18)19/h1-5,10H,6-8H2,(H,13,14)(H,15,16)(H2,17,18,19)/p-3/t10-/m1/s1. The van der Waals surface area contributed by atoms with Crippen LogP contribution in [-0.4, -0.2) is 24.1 Å². The highest BCUT2D eigenvalue weighted by atomic mass is 31.2. The SMILES string of the molecule is O=C(Cc1ccccc1)N[C@H](CCP(=O)([O-])[O-])C(=O)[O-]. The fourth-order valence-corrected chi connectivity index (χ4v) is 2.14. The van der Waals surface area contributed by atoms with Gasteiger partial charge in [-0.1, -0.05) is 37.9 Å². The third kappa shape index (κ3) is 6.47. The van der Waals surface area contributed by atoms with Gasteiger partial charge in [-0.05, 0) is 18.1 Å². The number of hydrogen-bond acceptors (Lipinski definition) is 6. The fourth-order valence-electron chi connectivity index (χ4n) is 1.56. The number of nitrogens with one attached hydrogen (secondary N) is 1. The first-order valence-electron chi connectivity index (χ1n) is 5.83. The van der Waals surface area contributed by atoms with E-state index in [2.05, 4.69) is 5.32 Å². The lowest BCUT2D eigenvalue weighted by molar-refractivity contribution is -0.314. The first-order valence-corrected chi connectivity index (χ1v) is 7.56. The van der Waals surface area contributed by atoms with Crippen LogP contribution in [0.25, 0.3) is 0 Å². The van der Waals surface area contributed by atoms with Gasteiger partial charge < -0.3 is 29.6 Å². The van der Waals surface area contributed by atoms with Crippen molar-refractivity contribution in [1.29, 1.82) is 0 Å². The van der Waals surface area contributed by atoms with Crippen molar-refractivity contribution in [3.63, 3.8) is 0 Å². The average Bonchev–Trinajstić information content (AvgIpc) is 2.34. The second kappa shape index (κ2) is 7.19. The molecule has 0 saturated carbocycles. The van der Waals surface area contributed by atoms with Gasteiger partial charge >= 0.3 is 0 Å². The van der Waals surface area contributed by atoms with E-state index < -0.39 is 38.1 Å². The highest BCUT2D eigenvalue weighted by Gasteiger charge is 2.14. The molecule has 1 amide bonds.